The lowest BCUT2D eigenvalue weighted by Gasteiger charge is -2.46. The minimum absolute atomic E-state index is 0.453. The van der Waals surface area contributed by atoms with Crippen LogP contribution in [0.25, 0.3) is 5.57 Å². The molecule has 2 N–H and O–H groups in total. The molecule has 8 heteroatoms. The molecule has 0 radical (unpaired) electrons. The summed E-state index contributed by atoms with van der Waals surface area (Å²) in [5.41, 5.74) is 3.38. The van der Waals surface area contributed by atoms with Gasteiger partial charge in [-0.3, -0.25) is 10.00 Å². The molecule has 3 atom stereocenters. The standard InChI is InChI=1S/C22H28N6O2/c1-3-30-22(7-6-17(10-24-22)18-11-25-26-12-18)28-15-19-8-20(28)14-27(19)13-16-4-5-21(29-2)23-9-16/h4-7,9-12,19-20,24H,3,8,13-15H2,1-2H3,(H,25,26)/t19-,20-,22?/m0/s1. The second kappa shape index (κ2) is 7.86. The number of fused-ring (bicyclic) bond motifs is 2. The Morgan fingerprint density at radius 3 is 2.77 bits per heavy atom. The number of ether oxygens (including phenoxy) is 2. The van der Waals surface area contributed by atoms with Gasteiger partial charge < -0.3 is 14.8 Å². The molecule has 2 bridgehead atoms. The second-order valence-electron chi connectivity index (χ2n) is 8.03. The van der Waals surface area contributed by atoms with Gasteiger partial charge in [0, 0.05) is 74.1 Å². The third-order valence-corrected chi connectivity index (χ3v) is 6.29. The zero-order chi connectivity index (χ0) is 20.6. The van der Waals surface area contributed by atoms with Crippen LogP contribution < -0.4 is 10.1 Å². The summed E-state index contributed by atoms with van der Waals surface area (Å²) in [5, 5.41) is 10.5. The molecule has 2 fully saturated rings. The Morgan fingerprint density at radius 1 is 1.23 bits per heavy atom. The fourth-order valence-corrected chi connectivity index (χ4v) is 4.85. The summed E-state index contributed by atoms with van der Waals surface area (Å²) in [6, 6.07) is 5.00. The van der Waals surface area contributed by atoms with Crippen LogP contribution in [0, 0.1) is 0 Å². The van der Waals surface area contributed by atoms with Crippen molar-refractivity contribution in [3.63, 3.8) is 0 Å². The van der Waals surface area contributed by atoms with Crippen molar-refractivity contribution >= 4 is 5.57 Å². The average molecular weight is 409 g/mol. The maximum atomic E-state index is 6.27. The molecule has 2 aromatic rings. The summed E-state index contributed by atoms with van der Waals surface area (Å²) in [4.78, 5) is 9.38. The van der Waals surface area contributed by atoms with E-state index in [4.69, 9.17) is 9.47 Å². The molecule has 0 saturated carbocycles. The average Bonchev–Trinajstić information content (AvgIpc) is 3.53. The molecule has 3 aliphatic rings. The predicted molar refractivity (Wildman–Crippen MR) is 113 cm³/mol. The van der Waals surface area contributed by atoms with Gasteiger partial charge in [-0.2, -0.15) is 5.10 Å². The number of nitrogens with one attached hydrogen (secondary N) is 2. The first-order chi connectivity index (χ1) is 14.7. The van der Waals surface area contributed by atoms with Crippen LogP contribution in [-0.2, 0) is 11.3 Å². The van der Waals surface area contributed by atoms with E-state index in [-0.39, 0.29) is 0 Å². The van der Waals surface area contributed by atoms with E-state index in [0.29, 0.717) is 24.6 Å². The van der Waals surface area contributed by atoms with E-state index in [1.165, 1.54) is 5.56 Å². The maximum absolute atomic E-state index is 6.27. The Bertz CT molecular complexity index is 926. The molecule has 0 spiro atoms. The van der Waals surface area contributed by atoms with E-state index in [1.807, 2.05) is 37.8 Å². The van der Waals surface area contributed by atoms with Gasteiger partial charge >= 0.3 is 0 Å². The second-order valence-corrected chi connectivity index (χ2v) is 8.03. The lowest BCUT2D eigenvalue weighted by molar-refractivity contribution is -0.149. The van der Waals surface area contributed by atoms with Crippen molar-refractivity contribution in [2.24, 2.45) is 0 Å². The highest BCUT2D eigenvalue weighted by atomic mass is 16.5. The monoisotopic (exact) mass is 408 g/mol. The van der Waals surface area contributed by atoms with Gasteiger partial charge in [-0.05, 0) is 25.0 Å². The van der Waals surface area contributed by atoms with Gasteiger partial charge in [0.25, 0.3) is 0 Å². The van der Waals surface area contributed by atoms with E-state index in [2.05, 4.69) is 48.5 Å². The highest BCUT2D eigenvalue weighted by Gasteiger charge is 2.51. The molecule has 0 aromatic carbocycles. The topological polar surface area (TPSA) is 78.5 Å². The zero-order valence-corrected chi connectivity index (χ0v) is 17.4. The largest absolute Gasteiger partial charge is 0.481 e. The van der Waals surface area contributed by atoms with Gasteiger partial charge in [-0.25, -0.2) is 9.88 Å². The van der Waals surface area contributed by atoms with Gasteiger partial charge in [-0.1, -0.05) is 12.1 Å². The molecular weight excluding hydrogens is 380 g/mol. The van der Waals surface area contributed by atoms with Crippen molar-refractivity contribution in [1.29, 1.82) is 0 Å². The number of likely N-dealkylation sites (tertiary alicyclic amines) is 2. The van der Waals surface area contributed by atoms with Crippen LogP contribution >= 0.6 is 0 Å². The van der Waals surface area contributed by atoms with Gasteiger partial charge in [0.05, 0.1) is 13.3 Å². The van der Waals surface area contributed by atoms with Crippen molar-refractivity contribution in [3.05, 3.63) is 60.2 Å². The normalized spacial score (nSPS) is 28.5. The predicted octanol–water partition coefficient (Wildman–Crippen LogP) is 1.96. The highest BCUT2D eigenvalue weighted by molar-refractivity contribution is 5.74. The Balaban J connectivity index is 1.27. The van der Waals surface area contributed by atoms with E-state index in [0.717, 1.165) is 37.2 Å². The number of methoxy groups -OCH3 is 1. The van der Waals surface area contributed by atoms with E-state index in [9.17, 15) is 0 Å². The van der Waals surface area contributed by atoms with Crippen LogP contribution in [0.5, 0.6) is 5.88 Å². The van der Waals surface area contributed by atoms with Crippen LogP contribution in [0.1, 0.15) is 24.5 Å². The summed E-state index contributed by atoms with van der Waals surface area (Å²) >= 11 is 0. The van der Waals surface area contributed by atoms with E-state index >= 15 is 0 Å². The molecule has 0 amide bonds. The van der Waals surface area contributed by atoms with E-state index < -0.39 is 5.85 Å². The van der Waals surface area contributed by atoms with Crippen LogP contribution in [0.3, 0.4) is 0 Å². The number of nitrogens with zero attached hydrogens (tertiary/aromatic N) is 4. The lowest BCUT2D eigenvalue weighted by Crippen LogP contribution is -2.63. The summed E-state index contributed by atoms with van der Waals surface area (Å²) in [6.07, 6.45) is 13.1. The highest BCUT2D eigenvalue weighted by Crippen LogP contribution is 2.38. The third-order valence-electron chi connectivity index (χ3n) is 6.29. The van der Waals surface area contributed by atoms with Crippen LogP contribution in [0.4, 0.5) is 0 Å². The minimum atomic E-state index is -0.588. The van der Waals surface area contributed by atoms with Crippen molar-refractivity contribution in [3.8, 4) is 5.88 Å². The number of piperazine rings is 1. The molecule has 2 aromatic heterocycles. The van der Waals surface area contributed by atoms with E-state index in [1.54, 1.807) is 7.11 Å². The summed E-state index contributed by atoms with van der Waals surface area (Å²) in [7, 11) is 1.64. The molecule has 3 aliphatic heterocycles. The first-order valence-electron chi connectivity index (χ1n) is 10.5. The van der Waals surface area contributed by atoms with Crippen molar-refractivity contribution in [2.75, 3.05) is 26.8 Å². The van der Waals surface area contributed by atoms with Crippen molar-refractivity contribution in [2.45, 2.75) is 37.8 Å². The lowest BCUT2D eigenvalue weighted by atomic mass is 10.1. The van der Waals surface area contributed by atoms with Gasteiger partial charge in [0.15, 0.2) is 0 Å². The molecule has 5 rings (SSSR count). The quantitative estimate of drug-likeness (QED) is 0.725. The minimum Gasteiger partial charge on any atom is -0.481 e. The van der Waals surface area contributed by atoms with Crippen molar-refractivity contribution < 1.29 is 9.47 Å². The molecule has 8 nitrogen and oxygen atoms in total. The fourth-order valence-electron chi connectivity index (χ4n) is 4.85. The number of aromatic amines is 1. The number of pyridine rings is 1. The van der Waals surface area contributed by atoms with Crippen LogP contribution in [0.2, 0.25) is 0 Å². The number of dihydropyridines is 1. The Kier molecular flexibility index (Phi) is 5.06. The fraction of sp³-hybridized carbons (Fsp3) is 0.455. The summed E-state index contributed by atoms with van der Waals surface area (Å²) in [5.74, 6) is 0.0688. The first kappa shape index (κ1) is 19.3. The smallest absolute Gasteiger partial charge is 0.218 e. The summed E-state index contributed by atoms with van der Waals surface area (Å²) < 4.78 is 11.4. The SMILES string of the molecule is CCOC1(N2C[C@@H]3C[C@H]2CN3Cc2ccc(OC)nc2)C=CC(c2cn[nH]c2)=CN1. The molecular formula is C22H28N6O2. The Morgan fingerprint density at radius 2 is 2.17 bits per heavy atom. The van der Waals surface area contributed by atoms with Crippen LogP contribution in [0.15, 0.2) is 49.1 Å². The number of hydrogen-bond acceptors (Lipinski definition) is 7. The Labute approximate surface area is 176 Å². The van der Waals surface area contributed by atoms with Crippen LogP contribution in [-0.4, -0.2) is 69.7 Å². The number of allylic oxidation sites excluding steroid dienone is 2. The van der Waals surface area contributed by atoms with Gasteiger partial charge in [0.2, 0.25) is 11.7 Å². The van der Waals surface area contributed by atoms with Crippen molar-refractivity contribution in [1.82, 2.24) is 30.3 Å². The maximum Gasteiger partial charge on any atom is 0.218 e. The Hall–Kier alpha value is -2.68. The zero-order valence-electron chi connectivity index (χ0n) is 17.4. The third kappa shape index (κ3) is 3.40. The van der Waals surface area contributed by atoms with Gasteiger partial charge in [-0.15, -0.1) is 0 Å². The molecule has 1 unspecified atom stereocenters. The van der Waals surface area contributed by atoms with Gasteiger partial charge in [0.1, 0.15) is 0 Å². The summed E-state index contributed by atoms with van der Waals surface area (Å²) in [6.45, 7) is 5.60. The molecule has 2 saturated heterocycles. The molecule has 5 heterocycles. The number of rotatable bonds is 7. The molecule has 158 valence electrons. The molecule has 30 heavy (non-hydrogen) atoms. The number of aromatic nitrogens is 3. The number of H-pyrrole nitrogens is 1. The number of hydrogen-bond donors (Lipinski definition) is 2. The first-order valence-corrected chi connectivity index (χ1v) is 10.5. The molecule has 0 aliphatic carbocycles.